The van der Waals surface area contributed by atoms with Crippen molar-refractivity contribution in [3.63, 3.8) is 0 Å². The van der Waals surface area contributed by atoms with Gasteiger partial charge in [-0.05, 0) is 61.1 Å². The van der Waals surface area contributed by atoms with E-state index in [1.54, 1.807) is 24.3 Å². The number of carbonyl (C=O) groups excluding carboxylic acids is 2. The van der Waals surface area contributed by atoms with Crippen molar-refractivity contribution in [2.24, 2.45) is 5.92 Å². The number of rotatable bonds is 9. The Bertz CT molecular complexity index is 1290. The van der Waals surface area contributed by atoms with Gasteiger partial charge in [-0.2, -0.15) is 0 Å². The van der Waals surface area contributed by atoms with E-state index in [9.17, 15) is 14.0 Å². The van der Waals surface area contributed by atoms with Gasteiger partial charge in [-0.15, -0.1) is 0 Å². The summed E-state index contributed by atoms with van der Waals surface area (Å²) in [6.07, 6.45) is 3.14. The first kappa shape index (κ1) is 27.8. The molecule has 2 heterocycles. The molecule has 0 unspecified atom stereocenters. The molecule has 2 aliphatic rings. The summed E-state index contributed by atoms with van der Waals surface area (Å²) in [5, 5.41) is 5.83. The maximum absolute atomic E-state index is 14.2. The molecular formula is C32H37FN4O3. The molecule has 0 aliphatic carbocycles. The number of hydrogen-bond acceptors (Lipinski definition) is 5. The number of carbonyl (C=O) groups is 2. The first-order valence-corrected chi connectivity index (χ1v) is 14.1. The van der Waals surface area contributed by atoms with Crippen LogP contribution in [0.1, 0.15) is 39.1 Å². The molecule has 0 saturated carbocycles. The summed E-state index contributed by atoms with van der Waals surface area (Å²) in [5.41, 5.74) is 3.13. The standard InChI is InChI=1S/C32H37FN4O3/c33-29-9-5-4-8-27(29)32(39)35-26-10-11-30(28(23-26)31(38)34-14-17-36-18-20-40-21-19-36)37-15-12-25(13-16-37)22-24-6-2-1-3-7-24/h1-11,23,25H,12-22H2,(H,34,38)(H,35,39). The van der Waals surface area contributed by atoms with Crippen LogP contribution in [0.3, 0.4) is 0 Å². The average Bonchev–Trinajstić information content (AvgIpc) is 2.99. The number of nitrogens with one attached hydrogen (secondary N) is 2. The number of nitrogens with zero attached hydrogens (tertiary/aromatic N) is 2. The zero-order chi connectivity index (χ0) is 27.7. The Hall–Kier alpha value is -3.75. The summed E-state index contributed by atoms with van der Waals surface area (Å²) in [5.74, 6) is -0.720. The Morgan fingerprint density at radius 3 is 2.33 bits per heavy atom. The van der Waals surface area contributed by atoms with Crippen molar-refractivity contribution in [1.29, 1.82) is 0 Å². The minimum absolute atomic E-state index is 0.0384. The number of piperidine rings is 1. The first-order chi connectivity index (χ1) is 19.6. The highest BCUT2D eigenvalue weighted by molar-refractivity contribution is 6.06. The number of hydrogen-bond donors (Lipinski definition) is 2. The lowest BCUT2D eigenvalue weighted by molar-refractivity contribution is 0.0383. The van der Waals surface area contributed by atoms with Crippen molar-refractivity contribution < 1.29 is 18.7 Å². The minimum Gasteiger partial charge on any atom is -0.379 e. The number of halogens is 1. The number of amides is 2. The minimum atomic E-state index is -0.587. The highest BCUT2D eigenvalue weighted by atomic mass is 19.1. The quantitative estimate of drug-likeness (QED) is 0.412. The molecule has 0 bridgehead atoms. The topological polar surface area (TPSA) is 73.9 Å². The van der Waals surface area contributed by atoms with Gasteiger partial charge in [-0.25, -0.2) is 4.39 Å². The Kier molecular flexibility index (Phi) is 9.42. The number of benzene rings is 3. The van der Waals surface area contributed by atoms with Crippen molar-refractivity contribution >= 4 is 23.2 Å². The van der Waals surface area contributed by atoms with Gasteiger partial charge in [-0.3, -0.25) is 14.5 Å². The first-order valence-electron chi connectivity index (χ1n) is 14.1. The lowest BCUT2D eigenvalue weighted by Gasteiger charge is -2.35. The summed E-state index contributed by atoms with van der Waals surface area (Å²) in [4.78, 5) is 30.8. The lowest BCUT2D eigenvalue weighted by atomic mass is 9.89. The van der Waals surface area contributed by atoms with Gasteiger partial charge in [0, 0.05) is 50.6 Å². The van der Waals surface area contributed by atoms with Crippen molar-refractivity contribution in [3.8, 4) is 0 Å². The molecule has 40 heavy (non-hydrogen) atoms. The molecule has 0 radical (unpaired) electrons. The van der Waals surface area contributed by atoms with E-state index in [1.165, 1.54) is 17.7 Å². The summed E-state index contributed by atoms with van der Waals surface area (Å²) in [7, 11) is 0. The summed E-state index contributed by atoms with van der Waals surface area (Å²) < 4.78 is 19.6. The average molecular weight is 545 g/mol. The molecular weight excluding hydrogens is 507 g/mol. The van der Waals surface area contributed by atoms with Crippen molar-refractivity contribution in [2.45, 2.75) is 19.3 Å². The van der Waals surface area contributed by atoms with Crippen LogP contribution < -0.4 is 15.5 Å². The second kappa shape index (κ2) is 13.5. The van der Waals surface area contributed by atoms with Crippen molar-refractivity contribution in [3.05, 3.63) is 95.3 Å². The largest absolute Gasteiger partial charge is 0.379 e. The van der Waals surface area contributed by atoms with Gasteiger partial charge in [0.2, 0.25) is 0 Å². The monoisotopic (exact) mass is 544 g/mol. The maximum atomic E-state index is 14.2. The van der Waals surface area contributed by atoms with Gasteiger partial charge >= 0.3 is 0 Å². The lowest BCUT2D eigenvalue weighted by Crippen LogP contribution is -2.41. The molecule has 2 saturated heterocycles. The van der Waals surface area contributed by atoms with Crippen molar-refractivity contribution in [1.82, 2.24) is 10.2 Å². The van der Waals surface area contributed by atoms with E-state index in [-0.39, 0.29) is 11.5 Å². The molecule has 2 N–H and O–H groups in total. The van der Waals surface area contributed by atoms with Crippen LogP contribution in [0.2, 0.25) is 0 Å². The van der Waals surface area contributed by atoms with Crippen LogP contribution in [0.4, 0.5) is 15.8 Å². The fourth-order valence-corrected chi connectivity index (χ4v) is 5.49. The second-order valence-corrected chi connectivity index (χ2v) is 10.5. The molecule has 5 rings (SSSR count). The number of morpholine rings is 1. The molecule has 3 aromatic carbocycles. The molecule has 0 spiro atoms. The van der Waals surface area contributed by atoms with E-state index in [0.29, 0.717) is 36.9 Å². The van der Waals surface area contributed by atoms with Gasteiger partial charge in [0.15, 0.2) is 0 Å². The highest BCUT2D eigenvalue weighted by Gasteiger charge is 2.24. The van der Waals surface area contributed by atoms with Crippen LogP contribution in [-0.4, -0.2) is 69.2 Å². The molecule has 2 fully saturated rings. The Morgan fingerprint density at radius 2 is 1.57 bits per heavy atom. The van der Waals surface area contributed by atoms with E-state index in [2.05, 4.69) is 44.7 Å². The van der Waals surface area contributed by atoms with E-state index >= 15 is 0 Å². The maximum Gasteiger partial charge on any atom is 0.258 e. The predicted octanol–water partition coefficient (Wildman–Crippen LogP) is 4.60. The van der Waals surface area contributed by atoms with E-state index in [0.717, 1.165) is 57.7 Å². The molecule has 210 valence electrons. The van der Waals surface area contributed by atoms with Gasteiger partial charge in [-0.1, -0.05) is 42.5 Å². The van der Waals surface area contributed by atoms with Crippen LogP contribution >= 0.6 is 0 Å². The number of ether oxygens (including phenoxy) is 1. The van der Waals surface area contributed by atoms with Gasteiger partial charge in [0.25, 0.3) is 11.8 Å². The fourth-order valence-electron chi connectivity index (χ4n) is 5.49. The Labute approximate surface area is 235 Å². The van der Waals surface area contributed by atoms with Crippen LogP contribution in [0, 0.1) is 11.7 Å². The van der Waals surface area contributed by atoms with E-state index in [4.69, 9.17) is 4.74 Å². The summed E-state index contributed by atoms with van der Waals surface area (Å²) in [6, 6.07) is 21.8. The third-order valence-electron chi connectivity index (χ3n) is 7.76. The molecule has 7 nitrogen and oxygen atoms in total. The third-order valence-corrected chi connectivity index (χ3v) is 7.76. The molecule has 2 aliphatic heterocycles. The van der Waals surface area contributed by atoms with Crippen LogP contribution in [-0.2, 0) is 11.2 Å². The van der Waals surface area contributed by atoms with Crippen LogP contribution in [0.25, 0.3) is 0 Å². The zero-order valence-electron chi connectivity index (χ0n) is 22.8. The van der Waals surface area contributed by atoms with E-state index in [1.807, 2.05) is 12.1 Å². The van der Waals surface area contributed by atoms with Gasteiger partial charge in [0.1, 0.15) is 5.82 Å². The highest BCUT2D eigenvalue weighted by Crippen LogP contribution is 2.30. The number of anilines is 2. The van der Waals surface area contributed by atoms with Crippen molar-refractivity contribution in [2.75, 3.05) is 62.7 Å². The second-order valence-electron chi connectivity index (χ2n) is 10.5. The normalized spacial score (nSPS) is 16.5. The summed E-state index contributed by atoms with van der Waals surface area (Å²) in [6.45, 7) is 6.11. The fraction of sp³-hybridized carbons (Fsp3) is 0.375. The molecule has 0 aromatic heterocycles. The smallest absolute Gasteiger partial charge is 0.258 e. The third kappa shape index (κ3) is 7.25. The summed E-state index contributed by atoms with van der Waals surface area (Å²) >= 11 is 0. The molecule has 3 aromatic rings. The van der Waals surface area contributed by atoms with E-state index < -0.39 is 11.7 Å². The zero-order valence-corrected chi connectivity index (χ0v) is 22.8. The molecule has 0 atom stereocenters. The molecule has 2 amide bonds. The Balaban J connectivity index is 1.29. The Morgan fingerprint density at radius 1 is 0.850 bits per heavy atom. The van der Waals surface area contributed by atoms with Crippen LogP contribution in [0.5, 0.6) is 0 Å². The van der Waals surface area contributed by atoms with Gasteiger partial charge in [0.05, 0.1) is 24.3 Å². The molecule has 8 heteroatoms. The SMILES string of the molecule is O=C(Nc1ccc(N2CCC(Cc3ccccc3)CC2)c(C(=O)NCCN2CCOCC2)c1)c1ccccc1F. The van der Waals surface area contributed by atoms with Gasteiger partial charge < -0.3 is 20.3 Å². The van der Waals surface area contributed by atoms with Crippen LogP contribution in [0.15, 0.2) is 72.8 Å². The predicted molar refractivity (Wildman–Crippen MR) is 155 cm³/mol.